The van der Waals surface area contributed by atoms with Gasteiger partial charge in [0.05, 0.1) is 16.3 Å². The van der Waals surface area contributed by atoms with Crippen LogP contribution < -0.4 is 5.32 Å². The number of carbonyl (C=O) groups excluding carboxylic acids is 1. The topological polar surface area (TPSA) is 140 Å². The highest BCUT2D eigenvalue weighted by Gasteiger charge is 2.31. The molecule has 3 rings (SSSR count). The van der Waals surface area contributed by atoms with E-state index in [0.29, 0.717) is 12.2 Å². The fourth-order valence-electron chi connectivity index (χ4n) is 2.84. The number of hydrogen-bond donors (Lipinski definition) is 2. The Hall–Kier alpha value is -3.61. The van der Waals surface area contributed by atoms with Crippen molar-refractivity contribution in [1.29, 1.82) is 0 Å². The molecular formula is C20H16ClFN4O6S. The zero-order valence-corrected chi connectivity index (χ0v) is 18.4. The molecule has 10 nitrogen and oxygen atoms in total. The van der Waals surface area contributed by atoms with E-state index < -0.39 is 34.1 Å². The van der Waals surface area contributed by atoms with Crippen LogP contribution in [0.3, 0.4) is 0 Å². The first-order chi connectivity index (χ1) is 15.7. The Bertz CT molecular complexity index is 1330. The number of pyridine rings is 2. The Morgan fingerprint density at radius 2 is 2.00 bits per heavy atom. The quantitative estimate of drug-likeness (QED) is 0.209. The summed E-state index contributed by atoms with van der Waals surface area (Å²) >= 11 is 6.48. The average molecular weight is 495 g/mol. The first kappa shape index (κ1) is 24.0. The summed E-state index contributed by atoms with van der Waals surface area (Å²) in [6.07, 6.45) is 4.70. The van der Waals surface area contributed by atoms with Crippen LogP contribution in [-0.2, 0) is 24.3 Å². The van der Waals surface area contributed by atoms with Gasteiger partial charge in [0.2, 0.25) is 5.95 Å². The average Bonchev–Trinajstić information content (AvgIpc) is 3.14. The number of aliphatic carboxylic acids is 1. The molecule has 3 aromatic rings. The number of carbonyl (C=O) groups is 2. The van der Waals surface area contributed by atoms with Gasteiger partial charge in [-0.15, -0.1) is 0 Å². The van der Waals surface area contributed by atoms with Gasteiger partial charge in [-0.1, -0.05) is 11.6 Å². The molecule has 0 fully saturated rings. The summed E-state index contributed by atoms with van der Waals surface area (Å²) < 4.78 is 47.1. The van der Waals surface area contributed by atoms with Gasteiger partial charge in [-0.05, 0) is 31.3 Å². The lowest BCUT2D eigenvalue weighted by atomic mass is 10.2. The molecule has 0 aromatic carbocycles. The van der Waals surface area contributed by atoms with Crippen LogP contribution in [0.5, 0.6) is 0 Å². The van der Waals surface area contributed by atoms with Crippen molar-refractivity contribution >= 4 is 33.6 Å². The molecular weight excluding hydrogens is 479 g/mol. The zero-order chi connectivity index (χ0) is 24.2. The summed E-state index contributed by atoms with van der Waals surface area (Å²) in [7, 11) is -2.92. The molecule has 0 saturated heterocycles. The summed E-state index contributed by atoms with van der Waals surface area (Å²) in [5.41, 5.74) is -0.492. The highest BCUT2D eigenvalue weighted by atomic mass is 35.5. The number of aromatic nitrogens is 3. The second-order valence-corrected chi connectivity index (χ2v) is 8.55. The number of halogens is 2. The van der Waals surface area contributed by atoms with E-state index in [-0.39, 0.29) is 26.7 Å². The number of hydrogen-bond acceptors (Lipinski definition) is 8. The van der Waals surface area contributed by atoms with Crippen molar-refractivity contribution in [3.8, 4) is 11.3 Å². The molecule has 0 spiro atoms. The standard InChI is InChI=1S/C20H16ClFN4O6S/c1-23-20(32-16(29)7-6-15(27)28)14-11-26(33(30,31)12-4-2-8-24-10-12)18(17(14)21)13-5-3-9-25-19(13)22/h2-11,20,23H,1H3,(H,27,28)/b7-6+. The smallest absolute Gasteiger partial charge is 0.332 e. The number of nitrogens with zero attached hydrogens (tertiary/aromatic N) is 3. The number of carboxylic acid groups (broad SMARTS) is 1. The molecule has 172 valence electrons. The predicted octanol–water partition coefficient (Wildman–Crippen LogP) is 2.38. The van der Waals surface area contributed by atoms with Gasteiger partial charge in [0.15, 0.2) is 6.23 Å². The molecule has 33 heavy (non-hydrogen) atoms. The van der Waals surface area contributed by atoms with E-state index in [4.69, 9.17) is 21.4 Å². The molecule has 13 heteroatoms. The maximum absolute atomic E-state index is 14.5. The number of carboxylic acids is 1. The van der Waals surface area contributed by atoms with E-state index in [1.54, 1.807) is 0 Å². The highest BCUT2D eigenvalue weighted by Crippen LogP contribution is 2.39. The van der Waals surface area contributed by atoms with Gasteiger partial charge in [-0.25, -0.2) is 27.0 Å². The number of ether oxygens (including phenoxy) is 1. The summed E-state index contributed by atoms with van der Waals surface area (Å²) in [5, 5.41) is 11.1. The number of rotatable bonds is 8. The maximum atomic E-state index is 14.5. The fourth-order valence-corrected chi connectivity index (χ4v) is 4.58. The Morgan fingerprint density at radius 1 is 1.27 bits per heavy atom. The second kappa shape index (κ2) is 9.90. The molecule has 0 aliphatic heterocycles. The monoisotopic (exact) mass is 494 g/mol. The van der Waals surface area contributed by atoms with Gasteiger partial charge in [0, 0.05) is 42.5 Å². The Kier molecular flexibility index (Phi) is 7.21. The van der Waals surface area contributed by atoms with Gasteiger partial charge < -0.3 is 9.84 Å². The second-order valence-electron chi connectivity index (χ2n) is 6.36. The van der Waals surface area contributed by atoms with E-state index in [0.717, 1.165) is 16.4 Å². The van der Waals surface area contributed by atoms with Crippen LogP contribution in [0, 0.1) is 5.95 Å². The van der Waals surface area contributed by atoms with Crippen LogP contribution in [0.15, 0.2) is 66.1 Å². The Morgan fingerprint density at radius 3 is 2.61 bits per heavy atom. The van der Waals surface area contributed by atoms with Crippen molar-refractivity contribution in [3.63, 3.8) is 0 Å². The van der Waals surface area contributed by atoms with E-state index in [9.17, 15) is 22.4 Å². The van der Waals surface area contributed by atoms with Crippen LogP contribution in [0.2, 0.25) is 5.02 Å². The number of nitrogens with one attached hydrogen (secondary N) is 1. The van der Waals surface area contributed by atoms with Crippen molar-refractivity contribution in [1.82, 2.24) is 19.3 Å². The lowest BCUT2D eigenvalue weighted by molar-refractivity contribution is -0.145. The minimum atomic E-state index is -4.31. The summed E-state index contributed by atoms with van der Waals surface area (Å²) in [4.78, 5) is 29.7. The summed E-state index contributed by atoms with van der Waals surface area (Å²) in [6.45, 7) is 0. The van der Waals surface area contributed by atoms with E-state index in [2.05, 4.69) is 15.3 Å². The van der Waals surface area contributed by atoms with E-state index >= 15 is 0 Å². The van der Waals surface area contributed by atoms with Crippen molar-refractivity contribution < 1.29 is 32.2 Å². The number of esters is 1. The lowest BCUT2D eigenvalue weighted by Crippen LogP contribution is -2.22. The molecule has 2 N–H and O–H groups in total. The molecule has 0 aliphatic rings. The lowest BCUT2D eigenvalue weighted by Gasteiger charge is -2.15. The first-order valence-corrected chi connectivity index (χ1v) is 10.9. The van der Waals surface area contributed by atoms with E-state index in [1.165, 1.54) is 43.7 Å². The van der Waals surface area contributed by atoms with Gasteiger partial charge in [0.1, 0.15) is 4.90 Å². The summed E-state index contributed by atoms with van der Waals surface area (Å²) in [6, 6.07) is 5.40. The third-order valence-corrected chi connectivity index (χ3v) is 6.32. The van der Waals surface area contributed by atoms with E-state index in [1.807, 2.05) is 0 Å². The van der Waals surface area contributed by atoms with Crippen LogP contribution >= 0.6 is 11.6 Å². The molecule has 1 unspecified atom stereocenters. The largest absolute Gasteiger partial charge is 0.478 e. The van der Waals surface area contributed by atoms with Crippen molar-refractivity contribution in [2.24, 2.45) is 0 Å². The van der Waals surface area contributed by atoms with Gasteiger partial charge >= 0.3 is 11.9 Å². The van der Waals surface area contributed by atoms with Crippen LogP contribution in [0.1, 0.15) is 11.8 Å². The minimum Gasteiger partial charge on any atom is -0.478 e. The molecule has 3 heterocycles. The molecule has 0 saturated carbocycles. The molecule has 1 atom stereocenters. The molecule has 0 radical (unpaired) electrons. The highest BCUT2D eigenvalue weighted by molar-refractivity contribution is 7.90. The SMILES string of the molecule is CNC(OC(=O)/C=C/C(=O)O)c1cn(S(=O)(=O)c2cccnc2)c(-c2cccnc2F)c1Cl. The van der Waals surface area contributed by atoms with Crippen molar-refractivity contribution in [2.45, 2.75) is 11.1 Å². The predicted molar refractivity (Wildman–Crippen MR) is 114 cm³/mol. The van der Waals surface area contributed by atoms with Crippen molar-refractivity contribution in [2.75, 3.05) is 7.05 Å². The van der Waals surface area contributed by atoms with Crippen molar-refractivity contribution in [3.05, 3.63) is 77.7 Å². The third-order valence-electron chi connectivity index (χ3n) is 4.28. The van der Waals surface area contributed by atoms with Gasteiger partial charge in [-0.2, -0.15) is 4.39 Å². The Labute approximate surface area is 192 Å². The zero-order valence-electron chi connectivity index (χ0n) is 16.8. The fraction of sp³-hybridized carbons (Fsp3) is 0.100. The van der Waals surface area contributed by atoms with Gasteiger partial charge in [0.25, 0.3) is 10.0 Å². The van der Waals surface area contributed by atoms with Gasteiger partial charge in [-0.3, -0.25) is 10.3 Å². The Balaban J connectivity index is 2.20. The first-order valence-electron chi connectivity index (χ1n) is 9.13. The maximum Gasteiger partial charge on any atom is 0.332 e. The molecule has 0 aliphatic carbocycles. The molecule has 0 bridgehead atoms. The summed E-state index contributed by atoms with van der Waals surface area (Å²) in [5.74, 6) is -3.38. The normalized spacial score (nSPS) is 12.6. The molecule has 3 aromatic heterocycles. The van der Waals surface area contributed by atoms with Crippen LogP contribution in [0.25, 0.3) is 11.3 Å². The minimum absolute atomic E-state index is 0.0260. The molecule has 0 amide bonds. The van der Waals surface area contributed by atoms with Crippen LogP contribution in [-0.4, -0.2) is 46.5 Å². The third kappa shape index (κ3) is 5.08. The van der Waals surface area contributed by atoms with Crippen LogP contribution in [0.4, 0.5) is 4.39 Å².